The Morgan fingerprint density at radius 2 is 2.24 bits per heavy atom. The molecule has 1 saturated heterocycles. The van der Waals surface area contributed by atoms with Gasteiger partial charge in [-0.2, -0.15) is 11.8 Å². The van der Waals surface area contributed by atoms with E-state index in [1.54, 1.807) is 23.7 Å². The lowest BCUT2D eigenvalue weighted by atomic mass is 10.2. The zero-order valence-electron chi connectivity index (χ0n) is 11.9. The number of amides is 1. The van der Waals surface area contributed by atoms with E-state index in [-0.39, 0.29) is 5.91 Å². The smallest absolute Gasteiger partial charge is 0.274 e. The second kappa shape index (κ2) is 6.58. The Kier molecular flexibility index (Phi) is 4.55. The predicted molar refractivity (Wildman–Crippen MR) is 86.8 cm³/mol. The lowest BCUT2D eigenvalue weighted by molar-refractivity contribution is 0.0760. The van der Waals surface area contributed by atoms with Crippen LogP contribution in [0.4, 0.5) is 0 Å². The number of thioether (sulfide) groups is 1. The Bertz CT molecular complexity index is 598. The average Bonchev–Trinajstić information content (AvgIpc) is 2.92. The van der Waals surface area contributed by atoms with Crippen molar-refractivity contribution in [2.75, 3.05) is 18.8 Å². The summed E-state index contributed by atoms with van der Waals surface area (Å²) in [7, 11) is 0. The molecule has 1 unspecified atom stereocenters. The molecule has 0 bridgehead atoms. The fourth-order valence-electron chi connectivity index (χ4n) is 2.34. The van der Waals surface area contributed by atoms with Crippen LogP contribution in [0.1, 0.15) is 32.7 Å². The summed E-state index contributed by atoms with van der Waals surface area (Å²) < 4.78 is 0. The maximum Gasteiger partial charge on any atom is 0.274 e. The van der Waals surface area contributed by atoms with E-state index in [0.29, 0.717) is 10.9 Å². The summed E-state index contributed by atoms with van der Waals surface area (Å²) in [6, 6.07) is 4.28. The Balaban J connectivity index is 1.67. The van der Waals surface area contributed by atoms with Crippen LogP contribution in [-0.4, -0.2) is 39.6 Å². The minimum atomic E-state index is -0.00469. The molecule has 2 aromatic heterocycles. The summed E-state index contributed by atoms with van der Waals surface area (Å²) in [4.78, 5) is 24.1. The summed E-state index contributed by atoms with van der Waals surface area (Å²) >= 11 is 3.74. The molecular weight excluding hydrogens is 302 g/mol. The third-order valence-corrected chi connectivity index (χ3v) is 5.93. The van der Waals surface area contributed by atoms with Crippen molar-refractivity contribution in [3.63, 3.8) is 0 Å². The van der Waals surface area contributed by atoms with Crippen molar-refractivity contribution < 1.29 is 4.79 Å². The maximum atomic E-state index is 12.5. The van der Waals surface area contributed by atoms with Crippen LogP contribution in [0.15, 0.2) is 29.9 Å². The molecule has 1 fully saturated rings. The van der Waals surface area contributed by atoms with Crippen LogP contribution in [0, 0.1) is 6.92 Å². The third-order valence-electron chi connectivity index (χ3n) is 3.49. The topological polar surface area (TPSA) is 46.1 Å². The van der Waals surface area contributed by atoms with Crippen LogP contribution in [-0.2, 0) is 0 Å². The van der Waals surface area contributed by atoms with E-state index < -0.39 is 0 Å². The van der Waals surface area contributed by atoms with E-state index in [4.69, 9.17) is 0 Å². The van der Waals surface area contributed by atoms with Crippen molar-refractivity contribution in [1.29, 1.82) is 0 Å². The molecular formula is C15H17N3OS2. The largest absolute Gasteiger partial charge is 0.336 e. The van der Waals surface area contributed by atoms with Crippen LogP contribution in [0.25, 0.3) is 0 Å². The quantitative estimate of drug-likeness (QED) is 0.853. The van der Waals surface area contributed by atoms with Crippen LogP contribution in [0.2, 0.25) is 0 Å². The number of hydrogen-bond donors (Lipinski definition) is 0. The van der Waals surface area contributed by atoms with Gasteiger partial charge < -0.3 is 4.90 Å². The fourth-order valence-corrected chi connectivity index (χ4v) is 4.58. The number of carbonyl (C=O) groups is 1. The third kappa shape index (κ3) is 3.44. The first-order chi connectivity index (χ1) is 10.2. The van der Waals surface area contributed by atoms with Gasteiger partial charge in [-0.15, -0.1) is 11.3 Å². The van der Waals surface area contributed by atoms with E-state index in [9.17, 15) is 4.79 Å². The molecule has 21 heavy (non-hydrogen) atoms. The number of aryl methyl sites for hydroxylation is 1. The van der Waals surface area contributed by atoms with Gasteiger partial charge in [0.05, 0.1) is 11.9 Å². The van der Waals surface area contributed by atoms with Crippen molar-refractivity contribution in [3.8, 4) is 0 Å². The molecule has 1 aliphatic rings. The van der Waals surface area contributed by atoms with Gasteiger partial charge in [-0.05, 0) is 24.8 Å². The average molecular weight is 319 g/mol. The van der Waals surface area contributed by atoms with Crippen LogP contribution >= 0.6 is 23.1 Å². The normalized spacial score (nSPS) is 19.3. The molecule has 0 saturated carbocycles. The SMILES string of the molecule is Cc1cnc(C(=O)N2CCSC(c3cccs3)CC2)cn1. The van der Waals surface area contributed by atoms with E-state index in [0.717, 1.165) is 31.0 Å². The van der Waals surface area contributed by atoms with E-state index in [1.165, 1.54) is 4.88 Å². The van der Waals surface area contributed by atoms with Crippen molar-refractivity contribution in [1.82, 2.24) is 14.9 Å². The minimum Gasteiger partial charge on any atom is -0.336 e. The first-order valence-electron chi connectivity index (χ1n) is 6.97. The maximum absolute atomic E-state index is 12.5. The number of rotatable bonds is 2. The van der Waals surface area contributed by atoms with Gasteiger partial charge in [-0.25, -0.2) is 4.98 Å². The van der Waals surface area contributed by atoms with Gasteiger partial charge in [0.15, 0.2) is 0 Å². The lowest BCUT2D eigenvalue weighted by Gasteiger charge is -2.19. The van der Waals surface area contributed by atoms with Gasteiger partial charge in [0.2, 0.25) is 0 Å². The van der Waals surface area contributed by atoms with Crippen molar-refractivity contribution in [2.24, 2.45) is 0 Å². The number of hydrogen-bond acceptors (Lipinski definition) is 5. The Labute approximate surface area is 132 Å². The first kappa shape index (κ1) is 14.5. The molecule has 6 heteroatoms. The summed E-state index contributed by atoms with van der Waals surface area (Å²) in [5.41, 5.74) is 1.27. The Hall–Kier alpha value is -1.40. The molecule has 3 rings (SSSR count). The van der Waals surface area contributed by atoms with Gasteiger partial charge in [0.1, 0.15) is 5.69 Å². The first-order valence-corrected chi connectivity index (χ1v) is 8.90. The summed E-state index contributed by atoms with van der Waals surface area (Å²) in [5, 5.41) is 2.62. The second-order valence-electron chi connectivity index (χ2n) is 5.00. The molecule has 1 aliphatic heterocycles. The van der Waals surface area contributed by atoms with Gasteiger partial charge in [-0.3, -0.25) is 9.78 Å². The van der Waals surface area contributed by atoms with Gasteiger partial charge in [-0.1, -0.05) is 6.07 Å². The molecule has 1 amide bonds. The predicted octanol–water partition coefficient (Wildman–Crippen LogP) is 3.17. The molecule has 2 aromatic rings. The van der Waals surface area contributed by atoms with E-state index >= 15 is 0 Å². The fraction of sp³-hybridized carbons (Fsp3) is 0.400. The molecule has 0 N–H and O–H groups in total. The molecule has 0 spiro atoms. The molecule has 110 valence electrons. The number of thiophene rings is 1. The highest BCUT2D eigenvalue weighted by molar-refractivity contribution is 7.99. The zero-order chi connectivity index (χ0) is 14.7. The van der Waals surface area contributed by atoms with Crippen LogP contribution in [0.3, 0.4) is 0 Å². The highest BCUT2D eigenvalue weighted by atomic mass is 32.2. The molecule has 0 aromatic carbocycles. The molecule has 4 nitrogen and oxygen atoms in total. The lowest BCUT2D eigenvalue weighted by Crippen LogP contribution is -2.33. The van der Waals surface area contributed by atoms with Gasteiger partial charge in [0.25, 0.3) is 5.91 Å². The molecule has 0 radical (unpaired) electrons. The Morgan fingerprint density at radius 1 is 1.33 bits per heavy atom. The summed E-state index contributed by atoms with van der Waals surface area (Å²) in [6.07, 6.45) is 4.22. The molecule has 0 aliphatic carbocycles. The van der Waals surface area contributed by atoms with Crippen LogP contribution < -0.4 is 0 Å². The van der Waals surface area contributed by atoms with Gasteiger partial charge in [0, 0.05) is 35.2 Å². The van der Waals surface area contributed by atoms with E-state index in [1.807, 2.05) is 23.6 Å². The van der Waals surface area contributed by atoms with Crippen molar-refractivity contribution in [2.45, 2.75) is 18.6 Å². The Morgan fingerprint density at radius 3 is 2.95 bits per heavy atom. The van der Waals surface area contributed by atoms with E-state index in [2.05, 4.69) is 27.5 Å². The van der Waals surface area contributed by atoms with Crippen molar-refractivity contribution >= 4 is 29.0 Å². The molecule has 3 heterocycles. The second-order valence-corrected chi connectivity index (χ2v) is 7.29. The van der Waals surface area contributed by atoms with Crippen LogP contribution in [0.5, 0.6) is 0 Å². The summed E-state index contributed by atoms with van der Waals surface area (Å²) in [6.45, 7) is 3.43. The zero-order valence-corrected chi connectivity index (χ0v) is 13.5. The highest BCUT2D eigenvalue weighted by Gasteiger charge is 2.24. The van der Waals surface area contributed by atoms with Gasteiger partial charge >= 0.3 is 0 Å². The monoisotopic (exact) mass is 319 g/mol. The standard InChI is InChI=1S/C15H17N3OS2/c1-11-9-17-12(10-16-11)15(19)18-5-4-14(21-8-6-18)13-3-2-7-20-13/h2-3,7,9-10,14H,4-6,8H2,1H3. The number of nitrogens with zero attached hydrogens (tertiary/aromatic N) is 3. The highest BCUT2D eigenvalue weighted by Crippen LogP contribution is 2.36. The summed E-state index contributed by atoms with van der Waals surface area (Å²) in [5.74, 6) is 0.961. The molecule has 1 atom stereocenters. The number of aromatic nitrogens is 2. The minimum absolute atomic E-state index is 0.00469. The van der Waals surface area contributed by atoms with Crippen molar-refractivity contribution in [3.05, 3.63) is 46.2 Å². The number of carbonyl (C=O) groups excluding carboxylic acids is 1.